The summed E-state index contributed by atoms with van der Waals surface area (Å²) >= 11 is 0. The molecule has 4 N–H and O–H groups in total. The highest BCUT2D eigenvalue weighted by Crippen LogP contribution is 2.00. The van der Waals surface area contributed by atoms with Crippen molar-refractivity contribution < 1.29 is 24.0 Å². The number of hydrogen-bond donors (Lipinski definition) is 4. The maximum atomic E-state index is 12.2. The molecule has 0 rings (SSSR count). The molecule has 0 aromatic heterocycles. The van der Waals surface area contributed by atoms with Crippen molar-refractivity contribution in [3.63, 3.8) is 0 Å². The second kappa shape index (κ2) is 33.7. The van der Waals surface area contributed by atoms with Gasteiger partial charge in [0.05, 0.1) is 45.8 Å². The predicted molar refractivity (Wildman–Crippen MR) is 210 cm³/mol. The average molecular weight is 723 g/mol. The first-order valence-corrected chi connectivity index (χ1v) is 16.9. The molecule has 15 nitrogen and oxygen atoms in total. The Morgan fingerprint density at radius 3 is 1.53 bits per heavy atom. The Bertz CT molecular complexity index is 1080. The molecule has 51 heavy (non-hydrogen) atoms. The lowest BCUT2D eigenvalue weighted by Gasteiger charge is -2.25. The number of carbonyl (C=O) groups excluding carboxylic acids is 5. The van der Waals surface area contributed by atoms with Crippen molar-refractivity contribution in [3.05, 3.63) is 62.4 Å². The lowest BCUT2D eigenvalue weighted by Crippen LogP contribution is -2.41. The molecule has 15 heteroatoms. The number of amides is 4. The zero-order valence-electron chi connectivity index (χ0n) is 33.6. The first-order chi connectivity index (χ1) is 23.9. The van der Waals surface area contributed by atoms with Crippen LogP contribution in [0.4, 0.5) is 0 Å². The quantitative estimate of drug-likeness (QED) is 0.111. The third-order valence-corrected chi connectivity index (χ3v) is 6.89. The van der Waals surface area contributed by atoms with E-state index >= 15 is 0 Å². The van der Waals surface area contributed by atoms with Crippen LogP contribution in [-0.4, -0.2) is 174 Å². The molecule has 0 spiro atoms. The number of aldehydes is 1. The molecule has 4 amide bonds. The second-order valence-corrected chi connectivity index (χ2v) is 11.1. The van der Waals surface area contributed by atoms with Crippen LogP contribution in [0, 0.1) is 0 Å². The zero-order valence-corrected chi connectivity index (χ0v) is 33.6. The average Bonchev–Trinajstić information content (AvgIpc) is 3.12. The monoisotopic (exact) mass is 723 g/mol. The van der Waals surface area contributed by atoms with Gasteiger partial charge in [-0.2, -0.15) is 0 Å². The van der Waals surface area contributed by atoms with Gasteiger partial charge in [-0.25, -0.2) is 0 Å². The van der Waals surface area contributed by atoms with Crippen molar-refractivity contribution in [3.8, 4) is 0 Å². The highest BCUT2D eigenvalue weighted by molar-refractivity contribution is 5.79. The fraction of sp³-hybridized carbons (Fsp3) is 0.583. The van der Waals surface area contributed by atoms with Gasteiger partial charge >= 0.3 is 0 Å². The lowest BCUT2D eigenvalue weighted by atomic mass is 10.3. The molecule has 0 aliphatic rings. The van der Waals surface area contributed by atoms with Crippen molar-refractivity contribution in [2.75, 3.05) is 115 Å². The Morgan fingerprint density at radius 2 is 1.10 bits per heavy atom. The van der Waals surface area contributed by atoms with E-state index in [0.29, 0.717) is 37.6 Å². The molecular weight excluding hydrogens is 652 g/mol. The normalized spacial score (nSPS) is 9.16. The Morgan fingerprint density at radius 1 is 0.627 bits per heavy atom. The molecule has 0 aromatic carbocycles. The van der Waals surface area contributed by atoms with Gasteiger partial charge in [-0.05, 0) is 33.3 Å². The van der Waals surface area contributed by atoms with Crippen molar-refractivity contribution in [1.29, 1.82) is 0 Å². The van der Waals surface area contributed by atoms with E-state index in [1.165, 1.54) is 11.1 Å². The molecule has 0 bridgehead atoms. The Kier molecular flexibility index (Phi) is 35.0. The number of nitrogens with one attached hydrogen (secondary N) is 4. The van der Waals surface area contributed by atoms with E-state index in [1.54, 1.807) is 61.0 Å². The molecule has 0 fully saturated rings. The Labute approximate surface area is 309 Å². The van der Waals surface area contributed by atoms with E-state index in [1.807, 2.05) is 46.7 Å². The van der Waals surface area contributed by atoms with Gasteiger partial charge in [0.1, 0.15) is 6.29 Å². The van der Waals surface area contributed by atoms with E-state index in [-0.39, 0.29) is 49.8 Å². The maximum Gasteiger partial charge on any atom is 0.242 e. The first kappa shape index (κ1) is 53.0. The number of rotatable bonds is 23. The molecule has 0 radical (unpaired) electrons. The predicted octanol–water partition coefficient (Wildman–Crippen LogP) is 0.738. The third kappa shape index (κ3) is 29.8. The lowest BCUT2D eigenvalue weighted by molar-refractivity contribution is -0.130. The summed E-state index contributed by atoms with van der Waals surface area (Å²) in [6, 6.07) is 0. The van der Waals surface area contributed by atoms with Crippen LogP contribution >= 0.6 is 0 Å². The molecule has 0 saturated heterocycles. The van der Waals surface area contributed by atoms with Crippen molar-refractivity contribution in [2.24, 2.45) is 0 Å². The molecule has 0 saturated carbocycles. The maximum absolute atomic E-state index is 12.2. The molecule has 294 valence electrons. The summed E-state index contributed by atoms with van der Waals surface area (Å²) in [5.74, 6) is -0.0805. The summed E-state index contributed by atoms with van der Waals surface area (Å²) < 4.78 is 0. The molecule has 0 aliphatic heterocycles. The zero-order chi connectivity index (χ0) is 40.5. The highest BCUT2D eigenvalue weighted by Gasteiger charge is 2.14. The minimum Gasteiger partial charge on any atom is -0.383 e. The van der Waals surface area contributed by atoms with Crippen molar-refractivity contribution >= 4 is 29.9 Å². The Hall–Kier alpha value is -4.79. The van der Waals surface area contributed by atoms with Crippen LogP contribution in [0.25, 0.3) is 0 Å². The third-order valence-electron chi connectivity index (χ3n) is 6.89. The number of likely N-dealkylation sites (N-methyl/N-ethyl adjacent to an activating group) is 7. The number of hydrogen-bond acceptors (Lipinski definition) is 11. The molecule has 0 aromatic rings. The van der Waals surface area contributed by atoms with Gasteiger partial charge in [0, 0.05) is 79.0 Å². The van der Waals surface area contributed by atoms with E-state index in [0.717, 1.165) is 25.1 Å². The smallest absolute Gasteiger partial charge is 0.242 e. The van der Waals surface area contributed by atoms with Crippen LogP contribution in [0.5, 0.6) is 0 Å². The van der Waals surface area contributed by atoms with Crippen LogP contribution in [0.1, 0.15) is 27.7 Å². The van der Waals surface area contributed by atoms with E-state index in [9.17, 15) is 24.0 Å². The highest BCUT2D eigenvalue weighted by atomic mass is 16.2. The van der Waals surface area contributed by atoms with Crippen molar-refractivity contribution in [1.82, 2.24) is 50.7 Å². The van der Waals surface area contributed by atoms with Gasteiger partial charge in [0.2, 0.25) is 23.6 Å². The first-order valence-electron chi connectivity index (χ1n) is 16.9. The fourth-order valence-electron chi connectivity index (χ4n) is 3.16. The summed E-state index contributed by atoms with van der Waals surface area (Å²) in [4.78, 5) is 66.7. The molecule has 0 heterocycles. The van der Waals surface area contributed by atoms with Crippen LogP contribution < -0.4 is 21.3 Å². The fourth-order valence-corrected chi connectivity index (χ4v) is 3.16. The second-order valence-electron chi connectivity index (χ2n) is 11.1. The number of nitrogens with zero attached hydrogens (tertiary/aromatic N) is 6. The van der Waals surface area contributed by atoms with Crippen molar-refractivity contribution in [2.45, 2.75) is 27.7 Å². The van der Waals surface area contributed by atoms with Gasteiger partial charge in [-0.3, -0.25) is 19.2 Å². The number of carbonyl (C=O) groups is 5. The summed E-state index contributed by atoms with van der Waals surface area (Å²) in [7, 11) is 12.4. The van der Waals surface area contributed by atoms with Crippen LogP contribution in [0.2, 0.25) is 0 Å². The summed E-state index contributed by atoms with van der Waals surface area (Å²) in [6.45, 7) is 30.4. The molecule has 0 unspecified atom stereocenters. The molecular formula is C36H70N10O5. The van der Waals surface area contributed by atoms with Gasteiger partial charge in [0.25, 0.3) is 0 Å². The van der Waals surface area contributed by atoms with E-state index < -0.39 is 0 Å². The van der Waals surface area contributed by atoms with Crippen LogP contribution in [0.3, 0.4) is 0 Å². The van der Waals surface area contributed by atoms with Gasteiger partial charge < -0.3 is 55.5 Å². The standard InChI is InChI=1S/C17H29N5O3.C10H21N3O.C7H14N2O.C2H6/c1-7-20(4)12-16(24)19-10-15(3)21(5)13-17(25)22(6)11-14(2)18-8-9-23;1-6-12(4)10(14)8-13(5)9(2)7-11-3;1-4-8-6-7(10)9(3)5-2;1-2/h7,9,18H,1-3,8,10-13H2,4-6H3,(H,19,24);11H,2,6-8H2,1,3-5H3;4,8H,1,5-6H2,2-3H3;1-2H3. The van der Waals surface area contributed by atoms with Crippen LogP contribution in [-0.2, 0) is 24.0 Å². The van der Waals surface area contributed by atoms with Gasteiger partial charge in [-0.15, -0.1) is 0 Å². The summed E-state index contributed by atoms with van der Waals surface area (Å²) in [5.41, 5.74) is 2.13. The SMILES string of the molecule is C=C(CNC)N(C)CC(=O)N(C)CC.C=CN(C)CC(=O)NCC(=C)N(C)CC(=O)N(C)CC(=C)NCC=O.C=CNCC(=O)N(C)CC.CC. The van der Waals surface area contributed by atoms with Gasteiger partial charge in [0.15, 0.2) is 0 Å². The summed E-state index contributed by atoms with van der Waals surface area (Å²) in [5, 5.41) is 11.3. The largest absolute Gasteiger partial charge is 0.383 e. The molecule has 0 aliphatic carbocycles. The van der Waals surface area contributed by atoms with E-state index in [2.05, 4.69) is 54.2 Å². The van der Waals surface area contributed by atoms with E-state index in [4.69, 9.17) is 0 Å². The minimum absolute atomic E-state index is 0.0856. The topological polar surface area (TPSA) is 153 Å². The summed E-state index contributed by atoms with van der Waals surface area (Å²) in [6.07, 6.45) is 3.81. The molecule has 0 atom stereocenters. The van der Waals surface area contributed by atoms with Gasteiger partial charge in [-0.1, -0.05) is 46.7 Å². The Balaban J connectivity index is -0.000000356. The minimum atomic E-state index is -0.155. The van der Waals surface area contributed by atoms with Crippen LogP contribution in [0.15, 0.2) is 62.4 Å².